The number of hydrogen-bond donors (Lipinski definition) is 2. The molecule has 5 heteroatoms. The van der Waals surface area contributed by atoms with E-state index in [-0.39, 0.29) is 6.47 Å². The van der Waals surface area contributed by atoms with Gasteiger partial charge in [-0.1, -0.05) is 18.2 Å². The molecule has 1 aliphatic rings. The molecule has 2 rings (SSSR count). The van der Waals surface area contributed by atoms with Crippen molar-refractivity contribution in [1.82, 2.24) is 0 Å². The largest absolute Gasteiger partial charge is 0.489 e. The quantitative estimate of drug-likeness (QED) is 0.698. The first-order chi connectivity index (χ1) is 7.70. The molecule has 0 spiro atoms. The minimum Gasteiger partial charge on any atom is -0.489 e. The highest BCUT2D eigenvalue weighted by Crippen LogP contribution is 2.29. The lowest BCUT2D eigenvalue weighted by molar-refractivity contribution is -0.130. The topological polar surface area (TPSA) is 83.8 Å². The Morgan fingerprint density at radius 2 is 2.00 bits per heavy atom. The smallest absolute Gasteiger partial charge is 0.336 e. The molecule has 0 saturated carbocycles. The standard InChI is InChI=1S/C10H8O3.CH2O2/c11-10(12)8-5-6-13-9-4-2-1-3-7(8)9;2-1-3/h1-5H,6H2,(H,11,12);1H,(H,2,3). The maximum Gasteiger partial charge on any atom is 0.336 e. The molecule has 0 bridgehead atoms. The summed E-state index contributed by atoms with van der Waals surface area (Å²) in [5.41, 5.74) is 0.975. The molecule has 0 radical (unpaired) electrons. The zero-order valence-electron chi connectivity index (χ0n) is 8.29. The molecule has 0 fully saturated rings. The molecule has 5 nitrogen and oxygen atoms in total. The first-order valence-corrected chi connectivity index (χ1v) is 4.44. The maximum atomic E-state index is 10.8. The molecular formula is C11H10O5. The summed E-state index contributed by atoms with van der Waals surface area (Å²) in [4.78, 5) is 19.2. The van der Waals surface area contributed by atoms with Crippen LogP contribution in [0.2, 0.25) is 0 Å². The van der Waals surface area contributed by atoms with Gasteiger partial charge in [-0.15, -0.1) is 0 Å². The van der Waals surface area contributed by atoms with Gasteiger partial charge in [-0.2, -0.15) is 0 Å². The first kappa shape index (κ1) is 11.8. The van der Waals surface area contributed by atoms with E-state index >= 15 is 0 Å². The summed E-state index contributed by atoms with van der Waals surface area (Å²) >= 11 is 0. The highest BCUT2D eigenvalue weighted by atomic mass is 16.5. The average Bonchev–Trinajstić information content (AvgIpc) is 2.29. The van der Waals surface area contributed by atoms with Crippen LogP contribution in [0.25, 0.3) is 5.57 Å². The zero-order chi connectivity index (χ0) is 12.0. The minimum absolute atomic E-state index is 0.250. The summed E-state index contributed by atoms with van der Waals surface area (Å²) in [6.45, 7) is 0.0820. The Morgan fingerprint density at radius 3 is 2.62 bits per heavy atom. The van der Waals surface area contributed by atoms with Crippen molar-refractivity contribution >= 4 is 18.0 Å². The van der Waals surface area contributed by atoms with Crippen molar-refractivity contribution < 1.29 is 24.5 Å². The first-order valence-electron chi connectivity index (χ1n) is 4.44. The van der Waals surface area contributed by atoms with Gasteiger partial charge in [0.05, 0.1) is 5.57 Å². The van der Waals surface area contributed by atoms with E-state index in [1.165, 1.54) is 0 Å². The van der Waals surface area contributed by atoms with E-state index in [1.54, 1.807) is 24.3 Å². The highest BCUT2D eigenvalue weighted by Gasteiger charge is 2.17. The van der Waals surface area contributed by atoms with Crippen molar-refractivity contribution in [2.45, 2.75) is 0 Å². The van der Waals surface area contributed by atoms with Gasteiger partial charge in [0.15, 0.2) is 0 Å². The van der Waals surface area contributed by atoms with Gasteiger partial charge >= 0.3 is 5.97 Å². The van der Waals surface area contributed by atoms with Crippen molar-refractivity contribution in [1.29, 1.82) is 0 Å². The summed E-state index contributed by atoms with van der Waals surface area (Å²) < 4.78 is 5.26. The number of ether oxygens (including phenoxy) is 1. The SMILES string of the molecule is O=C(O)C1=CCOc2ccccc21.O=CO. The fourth-order valence-electron chi connectivity index (χ4n) is 1.34. The predicted molar refractivity (Wildman–Crippen MR) is 56.2 cm³/mol. The molecule has 0 aliphatic carbocycles. The van der Waals surface area contributed by atoms with Crippen LogP contribution in [0, 0.1) is 0 Å². The van der Waals surface area contributed by atoms with Crippen molar-refractivity contribution in [2.24, 2.45) is 0 Å². The molecule has 1 aromatic carbocycles. The van der Waals surface area contributed by atoms with Gasteiger partial charge in [-0.25, -0.2) is 4.79 Å². The zero-order valence-corrected chi connectivity index (χ0v) is 8.29. The van der Waals surface area contributed by atoms with Gasteiger partial charge in [0.2, 0.25) is 0 Å². The molecule has 0 amide bonds. The third-order valence-electron chi connectivity index (χ3n) is 1.93. The van der Waals surface area contributed by atoms with Crippen LogP contribution in [0.5, 0.6) is 5.75 Å². The average molecular weight is 222 g/mol. The van der Waals surface area contributed by atoms with Crippen LogP contribution < -0.4 is 4.74 Å². The van der Waals surface area contributed by atoms with Crippen LogP contribution in [0.4, 0.5) is 0 Å². The van der Waals surface area contributed by atoms with Crippen LogP contribution in [-0.2, 0) is 9.59 Å². The Labute approximate surface area is 91.6 Å². The molecule has 1 heterocycles. The van der Waals surface area contributed by atoms with Crippen molar-refractivity contribution in [3.63, 3.8) is 0 Å². The van der Waals surface area contributed by atoms with E-state index in [0.29, 0.717) is 23.5 Å². The summed E-state index contributed by atoms with van der Waals surface area (Å²) in [5.74, 6) is -0.266. The number of carboxylic acid groups (broad SMARTS) is 2. The second-order valence-corrected chi connectivity index (χ2v) is 2.84. The Morgan fingerprint density at radius 1 is 1.38 bits per heavy atom. The third-order valence-corrected chi connectivity index (χ3v) is 1.93. The van der Waals surface area contributed by atoms with Crippen molar-refractivity contribution in [3.05, 3.63) is 35.9 Å². The van der Waals surface area contributed by atoms with Gasteiger partial charge in [0.25, 0.3) is 6.47 Å². The lowest BCUT2D eigenvalue weighted by atomic mass is 10.0. The van der Waals surface area contributed by atoms with Gasteiger partial charge in [0.1, 0.15) is 12.4 Å². The summed E-state index contributed by atoms with van der Waals surface area (Å²) in [6.07, 6.45) is 1.57. The third kappa shape index (κ3) is 2.60. The molecular weight excluding hydrogens is 212 g/mol. The van der Waals surface area contributed by atoms with Crippen LogP contribution >= 0.6 is 0 Å². The summed E-state index contributed by atoms with van der Waals surface area (Å²) in [7, 11) is 0. The number of aliphatic carboxylic acids is 1. The Hall–Kier alpha value is -2.30. The van der Waals surface area contributed by atoms with Crippen LogP contribution in [0.3, 0.4) is 0 Å². The molecule has 0 unspecified atom stereocenters. The van der Waals surface area contributed by atoms with E-state index in [9.17, 15) is 4.79 Å². The number of carbonyl (C=O) groups is 2. The number of rotatable bonds is 1. The Bertz CT molecular complexity index is 422. The molecule has 16 heavy (non-hydrogen) atoms. The molecule has 1 aliphatic heterocycles. The second-order valence-electron chi connectivity index (χ2n) is 2.84. The number of carboxylic acids is 1. The molecule has 0 saturated heterocycles. The fraction of sp³-hybridized carbons (Fsp3) is 0.0909. The monoisotopic (exact) mass is 222 g/mol. The van der Waals surface area contributed by atoms with Crippen molar-refractivity contribution in [2.75, 3.05) is 6.61 Å². The van der Waals surface area contributed by atoms with Gasteiger partial charge < -0.3 is 14.9 Å². The van der Waals surface area contributed by atoms with E-state index in [1.807, 2.05) is 6.07 Å². The normalized spacial score (nSPS) is 12.1. The number of fused-ring (bicyclic) bond motifs is 1. The number of para-hydroxylation sites is 1. The van der Waals surface area contributed by atoms with Crippen LogP contribution in [0.15, 0.2) is 30.3 Å². The lowest BCUT2D eigenvalue weighted by Gasteiger charge is -2.15. The highest BCUT2D eigenvalue weighted by molar-refractivity contribution is 6.16. The maximum absolute atomic E-state index is 10.8. The Kier molecular flexibility index (Phi) is 4.08. The van der Waals surface area contributed by atoms with Crippen LogP contribution in [0.1, 0.15) is 5.56 Å². The molecule has 2 N–H and O–H groups in total. The fourth-order valence-corrected chi connectivity index (χ4v) is 1.34. The van der Waals surface area contributed by atoms with Gasteiger partial charge in [-0.05, 0) is 12.1 Å². The number of hydrogen-bond acceptors (Lipinski definition) is 3. The van der Waals surface area contributed by atoms with E-state index in [4.69, 9.17) is 19.7 Å². The molecule has 0 aromatic heterocycles. The van der Waals surface area contributed by atoms with Gasteiger partial charge in [0, 0.05) is 5.56 Å². The Balaban J connectivity index is 0.000000386. The van der Waals surface area contributed by atoms with Crippen molar-refractivity contribution in [3.8, 4) is 5.75 Å². The van der Waals surface area contributed by atoms with E-state index in [2.05, 4.69) is 0 Å². The van der Waals surface area contributed by atoms with E-state index < -0.39 is 5.97 Å². The molecule has 1 aromatic rings. The van der Waals surface area contributed by atoms with Gasteiger partial charge in [-0.3, -0.25) is 4.79 Å². The lowest BCUT2D eigenvalue weighted by Crippen LogP contribution is -2.09. The summed E-state index contributed by atoms with van der Waals surface area (Å²) in [6, 6.07) is 7.13. The minimum atomic E-state index is -0.907. The van der Waals surface area contributed by atoms with Crippen LogP contribution in [-0.4, -0.2) is 29.3 Å². The molecule has 84 valence electrons. The number of benzene rings is 1. The predicted octanol–water partition coefficient (Wildman–Crippen LogP) is 1.25. The van der Waals surface area contributed by atoms with E-state index in [0.717, 1.165) is 0 Å². The summed E-state index contributed by atoms with van der Waals surface area (Å²) in [5, 5.41) is 15.8. The second kappa shape index (κ2) is 5.55. The molecule has 0 atom stereocenters.